The van der Waals surface area contributed by atoms with Gasteiger partial charge in [-0.25, -0.2) is 13.8 Å². The first-order chi connectivity index (χ1) is 15.9. The van der Waals surface area contributed by atoms with E-state index in [1.807, 2.05) is 0 Å². The summed E-state index contributed by atoms with van der Waals surface area (Å²) in [6.45, 7) is 0.209. The quantitative estimate of drug-likeness (QED) is 0.459. The Kier molecular flexibility index (Phi) is 5.95. The van der Waals surface area contributed by atoms with E-state index in [0.717, 1.165) is 17.7 Å². The van der Waals surface area contributed by atoms with E-state index >= 15 is 0 Å². The van der Waals surface area contributed by atoms with Gasteiger partial charge in [-0.15, -0.1) is 0 Å². The van der Waals surface area contributed by atoms with Gasteiger partial charge in [-0.2, -0.15) is 0 Å². The summed E-state index contributed by atoms with van der Waals surface area (Å²) in [5, 5.41) is 5.32. The van der Waals surface area contributed by atoms with Crippen molar-refractivity contribution in [3.05, 3.63) is 94.2 Å². The molecule has 0 atom stereocenters. The fraction of sp³-hybridized carbons (Fsp3) is 0.0833. The van der Waals surface area contributed by atoms with Crippen LogP contribution in [0.15, 0.2) is 60.3 Å². The van der Waals surface area contributed by atoms with Crippen LogP contribution in [0.25, 0.3) is 6.08 Å². The molecule has 0 radical (unpaired) electrons. The number of carbonyl (C=O) groups excluding carboxylic acids is 3. The Bertz CT molecular complexity index is 1320. The lowest BCUT2D eigenvalue weighted by Crippen LogP contribution is -2.28. The number of ketones is 1. The minimum absolute atomic E-state index is 0.113. The number of rotatable bonds is 5. The van der Waals surface area contributed by atoms with E-state index in [1.54, 1.807) is 18.3 Å². The minimum atomic E-state index is -1.10. The summed E-state index contributed by atoms with van der Waals surface area (Å²) in [7, 11) is 1.49. The SMILES string of the molecule is COc1cc(CNC(=O)c2ccc3c(c2)C(=O)C(=Cc2ccc(F)c(F)c2)C(=O)N3)ccn1. The van der Waals surface area contributed by atoms with Crippen LogP contribution in [-0.4, -0.2) is 29.7 Å². The van der Waals surface area contributed by atoms with E-state index in [1.165, 1.54) is 37.5 Å². The second-order valence-electron chi connectivity index (χ2n) is 7.16. The van der Waals surface area contributed by atoms with Crippen LogP contribution in [-0.2, 0) is 11.3 Å². The summed E-state index contributed by atoms with van der Waals surface area (Å²) < 4.78 is 31.7. The Morgan fingerprint density at radius 3 is 2.67 bits per heavy atom. The van der Waals surface area contributed by atoms with Gasteiger partial charge >= 0.3 is 0 Å². The number of anilines is 1. The Labute approximate surface area is 187 Å². The van der Waals surface area contributed by atoms with Gasteiger partial charge in [-0.05, 0) is 53.6 Å². The predicted molar refractivity (Wildman–Crippen MR) is 116 cm³/mol. The number of Topliss-reactive ketones (excluding diaryl/α,β-unsaturated/α-hetero) is 1. The average molecular weight is 449 g/mol. The molecule has 2 heterocycles. The van der Waals surface area contributed by atoms with Gasteiger partial charge in [0.1, 0.15) is 0 Å². The summed E-state index contributed by atoms with van der Waals surface area (Å²) in [6.07, 6.45) is 2.73. The highest BCUT2D eigenvalue weighted by Gasteiger charge is 2.29. The molecule has 1 aliphatic heterocycles. The molecule has 1 aromatic heterocycles. The summed E-state index contributed by atoms with van der Waals surface area (Å²) in [5.74, 6) is -3.46. The van der Waals surface area contributed by atoms with Gasteiger partial charge in [0.25, 0.3) is 11.8 Å². The molecule has 2 aromatic carbocycles. The molecule has 4 rings (SSSR count). The van der Waals surface area contributed by atoms with Gasteiger partial charge in [0.15, 0.2) is 11.6 Å². The van der Waals surface area contributed by atoms with E-state index in [9.17, 15) is 23.2 Å². The van der Waals surface area contributed by atoms with Gasteiger partial charge in [-0.1, -0.05) is 6.07 Å². The Morgan fingerprint density at radius 2 is 1.91 bits per heavy atom. The average Bonchev–Trinajstić information content (AvgIpc) is 2.82. The van der Waals surface area contributed by atoms with E-state index in [2.05, 4.69) is 15.6 Å². The molecular formula is C24H17F2N3O4. The first-order valence-electron chi connectivity index (χ1n) is 9.79. The van der Waals surface area contributed by atoms with Crippen LogP contribution in [0.2, 0.25) is 0 Å². The fourth-order valence-corrected chi connectivity index (χ4v) is 3.28. The number of benzene rings is 2. The molecule has 9 heteroatoms. The van der Waals surface area contributed by atoms with Crippen molar-refractivity contribution >= 4 is 29.4 Å². The lowest BCUT2D eigenvalue weighted by atomic mass is 9.93. The van der Waals surface area contributed by atoms with Crippen LogP contribution >= 0.6 is 0 Å². The summed E-state index contributed by atoms with van der Waals surface area (Å²) >= 11 is 0. The first kappa shape index (κ1) is 21.8. The number of fused-ring (bicyclic) bond motifs is 1. The molecule has 0 spiro atoms. The highest BCUT2D eigenvalue weighted by atomic mass is 19.2. The number of nitrogens with one attached hydrogen (secondary N) is 2. The molecule has 3 aromatic rings. The zero-order chi connectivity index (χ0) is 23.5. The third-order valence-corrected chi connectivity index (χ3v) is 4.98. The molecular weight excluding hydrogens is 432 g/mol. The molecule has 7 nitrogen and oxygen atoms in total. The van der Waals surface area contributed by atoms with Crippen molar-refractivity contribution in [3.8, 4) is 5.88 Å². The number of carbonyl (C=O) groups is 3. The van der Waals surface area contributed by atoms with Crippen LogP contribution < -0.4 is 15.4 Å². The number of pyridine rings is 1. The Morgan fingerprint density at radius 1 is 1.09 bits per heavy atom. The fourth-order valence-electron chi connectivity index (χ4n) is 3.28. The molecule has 2 amide bonds. The predicted octanol–water partition coefficient (Wildman–Crippen LogP) is 3.52. The van der Waals surface area contributed by atoms with Gasteiger partial charge in [0.05, 0.1) is 18.4 Å². The zero-order valence-electron chi connectivity index (χ0n) is 17.3. The van der Waals surface area contributed by atoms with Crippen molar-refractivity contribution in [1.29, 1.82) is 0 Å². The van der Waals surface area contributed by atoms with Crippen LogP contribution in [0, 0.1) is 11.6 Å². The van der Waals surface area contributed by atoms with Gasteiger partial charge in [0, 0.05) is 29.9 Å². The number of hydrogen-bond acceptors (Lipinski definition) is 5. The molecule has 2 N–H and O–H groups in total. The van der Waals surface area contributed by atoms with Gasteiger partial charge in [-0.3, -0.25) is 14.4 Å². The largest absolute Gasteiger partial charge is 0.481 e. The van der Waals surface area contributed by atoms with Crippen molar-refractivity contribution in [2.24, 2.45) is 0 Å². The molecule has 0 bridgehead atoms. The van der Waals surface area contributed by atoms with Gasteiger partial charge in [0.2, 0.25) is 11.7 Å². The second-order valence-corrected chi connectivity index (χ2v) is 7.16. The molecule has 1 aliphatic rings. The number of aromatic nitrogens is 1. The lowest BCUT2D eigenvalue weighted by molar-refractivity contribution is -0.112. The third-order valence-electron chi connectivity index (χ3n) is 4.98. The van der Waals surface area contributed by atoms with E-state index in [4.69, 9.17) is 4.74 Å². The van der Waals surface area contributed by atoms with Crippen molar-refractivity contribution in [2.75, 3.05) is 12.4 Å². The van der Waals surface area contributed by atoms with Crippen LogP contribution in [0.5, 0.6) is 5.88 Å². The second kappa shape index (κ2) is 8.99. The molecule has 166 valence electrons. The standard InChI is InChI=1S/C24H17F2N3O4/c1-33-21-10-14(6-7-27-21)12-28-23(31)15-3-5-20-16(11-15)22(30)17(24(32)29-20)8-13-2-4-18(25)19(26)9-13/h2-11H,12H2,1H3,(H,28,31)(H,29,32). The monoisotopic (exact) mass is 449 g/mol. The molecule has 0 aliphatic carbocycles. The maximum absolute atomic E-state index is 13.5. The van der Waals surface area contributed by atoms with Crippen molar-refractivity contribution in [3.63, 3.8) is 0 Å². The van der Waals surface area contributed by atoms with E-state index in [0.29, 0.717) is 5.88 Å². The molecule has 33 heavy (non-hydrogen) atoms. The highest BCUT2D eigenvalue weighted by molar-refractivity contribution is 6.36. The number of methoxy groups -OCH3 is 1. The topological polar surface area (TPSA) is 97.4 Å². The molecule has 0 fully saturated rings. The third kappa shape index (κ3) is 4.62. The number of ether oxygens (including phenoxy) is 1. The first-order valence-corrected chi connectivity index (χ1v) is 9.79. The normalized spacial score (nSPS) is 14.0. The Balaban J connectivity index is 1.56. The molecule has 0 unspecified atom stereocenters. The van der Waals surface area contributed by atoms with Crippen molar-refractivity contribution in [1.82, 2.24) is 10.3 Å². The Hall–Kier alpha value is -4.40. The van der Waals surface area contributed by atoms with E-state index in [-0.39, 0.29) is 34.5 Å². The van der Waals surface area contributed by atoms with E-state index < -0.39 is 29.2 Å². The summed E-state index contributed by atoms with van der Waals surface area (Å²) in [4.78, 5) is 42.0. The smallest absolute Gasteiger partial charge is 0.259 e. The van der Waals surface area contributed by atoms with Gasteiger partial charge < -0.3 is 15.4 Å². The van der Waals surface area contributed by atoms with Crippen molar-refractivity contribution < 1.29 is 27.9 Å². The minimum Gasteiger partial charge on any atom is -0.481 e. The molecule has 0 saturated heterocycles. The maximum Gasteiger partial charge on any atom is 0.259 e. The molecule has 0 saturated carbocycles. The maximum atomic E-state index is 13.5. The summed E-state index contributed by atoms with van der Waals surface area (Å²) in [6, 6.07) is 10.8. The summed E-state index contributed by atoms with van der Waals surface area (Å²) in [5.41, 5.74) is 1.25. The zero-order valence-corrected chi connectivity index (χ0v) is 17.3. The van der Waals surface area contributed by atoms with Crippen LogP contribution in [0.1, 0.15) is 31.8 Å². The van der Waals surface area contributed by atoms with Crippen LogP contribution in [0.4, 0.5) is 14.5 Å². The highest BCUT2D eigenvalue weighted by Crippen LogP contribution is 2.28. The van der Waals surface area contributed by atoms with Crippen LogP contribution in [0.3, 0.4) is 0 Å². The lowest BCUT2D eigenvalue weighted by Gasteiger charge is -2.19. The van der Waals surface area contributed by atoms with Crippen molar-refractivity contribution in [2.45, 2.75) is 6.54 Å². The number of halogens is 2. The number of nitrogens with zero attached hydrogens (tertiary/aromatic N) is 1. The number of hydrogen-bond donors (Lipinski definition) is 2. The number of amides is 2.